The molecule has 0 unspecified atom stereocenters. The maximum absolute atomic E-state index is 11.3. The minimum Gasteiger partial charge on any atom is -0.368 e. The van der Waals surface area contributed by atoms with Crippen molar-refractivity contribution in [1.29, 1.82) is 5.26 Å². The van der Waals surface area contributed by atoms with Crippen molar-refractivity contribution in [2.75, 3.05) is 18.0 Å². The number of nitrogens with two attached hydrogens (primary N) is 1. The summed E-state index contributed by atoms with van der Waals surface area (Å²) >= 11 is 0. The Morgan fingerprint density at radius 2 is 2.14 bits per heavy atom. The number of pyridine rings is 1. The van der Waals surface area contributed by atoms with E-state index < -0.39 is 5.91 Å². The van der Waals surface area contributed by atoms with Gasteiger partial charge in [-0.05, 0) is 18.1 Å². The van der Waals surface area contributed by atoms with Crippen molar-refractivity contribution in [2.45, 2.75) is 13.8 Å². The molecule has 2 aromatic rings. The van der Waals surface area contributed by atoms with Gasteiger partial charge < -0.3 is 10.6 Å². The Morgan fingerprint density at radius 1 is 1.43 bits per heavy atom. The van der Waals surface area contributed by atoms with Crippen LogP contribution in [-0.4, -0.2) is 24.0 Å². The number of carbonyl (C=O) groups is 1. The molecule has 0 aliphatic heterocycles. The zero-order chi connectivity index (χ0) is 15.4. The molecule has 1 aromatic carbocycles. The topological polar surface area (TPSA) is 83.0 Å². The second-order valence-electron chi connectivity index (χ2n) is 5.40. The van der Waals surface area contributed by atoms with Gasteiger partial charge in [-0.3, -0.25) is 4.79 Å². The zero-order valence-corrected chi connectivity index (χ0v) is 12.2. The van der Waals surface area contributed by atoms with Crippen LogP contribution in [0.15, 0.2) is 30.3 Å². The number of hydrogen-bond donors (Lipinski definition) is 1. The molecule has 2 N–H and O–H groups in total. The van der Waals surface area contributed by atoms with Gasteiger partial charge in [0.2, 0.25) is 5.91 Å². The number of amides is 1. The third-order valence-corrected chi connectivity index (χ3v) is 3.06. The SMILES string of the molecule is CC(C)CN(CC(N)=O)c1nc2ccccc2cc1C#N. The Hall–Kier alpha value is -2.61. The Kier molecular flexibility index (Phi) is 4.39. The van der Waals surface area contributed by atoms with Gasteiger partial charge in [-0.1, -0.05) is 32.0 Å². The fourth-order valence-corrected chi connectivity index (χ4v) is 2.28. The van der Waals surface area contributed by atoms with E-state index in [9.17, 15) is 10.1 Å². The van der Waals surface area contributed by atoms with Crippen molar-refractivity contribution < 1.29 is 4.79 Å². The van der Waals surface area contributed by atoms with Crippen LogP contribution in [0.1, 0.15) is 19.4 Å². The van der Waals surface area contributed by atoms with Crippen LogP contribution in [0.25, 0.3) is 10.9 Å². The van der Waals surface area contributed by atoms with E-state index >= 15 is 0 Å². The highest BCUT2D eigenvalue weighted by Gasteiger charge is 2.17. The minimum absolute atomic E-state index is 0.0538. The third kappa shape index (κ3) is 3.48. The van der Waals surface area contributed by atoms with Crippen LogP contribution in [0, 0.1) is 17.2 Å². The first-order chi connectivity index (χ1) is 10.0. The van der Waals surface area contributed by atoms with Gasteiger partial charge in [0.25, 0.3) is 0 Å². The van der Waals surface area contributed by atoms with Crippen LogP contribution in [0.2, 0.25) is 0 Å². The van der Waals surface area contributed by atoms with E-state index in [1.807, 2.05) is 38.1 Å². The number of primary amides is 1. The number of hydrogen-bond acceptors (Lipinski definition) is 4. The predicted molar refractivity (Wildman–Crippen MR) is 82.7 cm³/mol. The third-order valence-electron chi connectivity index (χ3n) is 3.06. The summed E-state index contributed by atoms with van der Waals surface area (Å²) in [5.41, 5.74) is 6.57. The van der Waals surface area contributed by atoms with E-state index in [1.165, 1.54) is 0 Å². The summed E-state index contributed by atoms with van der Waals surface area (Å²) in [5.74, 6) is 0.405. The van der Waals surface area contributed by atoms with Crippen molar-refractivity contribution in [3.8, 4) is 6.07 Å². The van der Waals surface area contributed by atoms with Gasteiger partial charge in [0.15, 0.2) is 0 Å². The predicted octanol–water partition coefficient (Wildman–Crippen LogP) is 2.05. The number of carbonyl (C=O) groups excluding carboxylic acids is 1. The largest absolute Gasteiger partial charge is 0.368 e. The first kappa shape index (κ1) is 14.8. The Morgan fingerprint density at radius 3 is 2.76 bits per heavy atom. The second-order valence-corrected chi connectivity index (χ2v) is 5.40. The van der Waals surface area contributed by atoms with E-state index in [0.29, 0.717) is 23.8 Å². The number of fused-ring (bicyclic) bond motifs is 1. The summed E-state index contributed by atoms with van der Waals surface area (Å²) < 4.78 is 0. The molecule has 0 saturated carbocycles. The molecular weight excluding hydrogens is 264 g/mol. The van der Waals surface area contributed by atoms with Crippen LogP contribution in [-0.2, 0) is 4.79 Å². The Bertz CT molecular complexity index is 703. The van der Waals surface area contributed by atoms with Gasteiger partial charge in [0.05, 0.1) is 17.6 Å². The van der Waals surface area contributed by atoms with Gasteiger partial charge >= 0.3 is 0 Å². The smallest absolute Gasteiger partial charge is 0.236 e. The molecule has 1 aromatic heterocycles. The highest BCUT2D eigenvalue weighted by molar-refractivity contribution is 5.85. The maximum atomic E-state index is 11.3. The van der Waals surface area contributed by atoms with Gasteiger partial charge in [0, 0.05) is 11.9 Å². The molecule has 0 saturated heterocycles. The monoisotopic (exact) mass is 282 g/mol. The van der Waals surface area contributed by atoms with E-state index in [4.69, 9.17) is 5.73 Å². The number of benzene rings is 1. The van der Waals surface area contributed by atoms with Crippen molar-refractivity contribution in [3.63, 3.8) is 0 Å². The zero-order valence-electron chi connectivity index (χ0n) is 12.2. The van der Waals surface area contributed by atoms with Crippen molar-refractivity contribution in [3.05, 3.63) is 35.9 Å². The summed E-state index contributed by atoms with van der Waals surface area (Å²) in [6, 6.07) is 11.6. The summed E-state index contributed by atoms with van der Waals surface area (Å²) in [7, 11) is 0. The average Bonchev–Trinajstić information content (AvgIpc) is 2.44. The van der Waals surface area contributed by atoms with E-state index in [2.05, 4.69) is 11.1 Å². The van der Waals surface area contributed by atoms with Gasteiger partial charge in [-0.15, -0.1) is 0 Å². The number of rotatable bonds is 5. The minimum atomic E-state index is -0.436. The molecular formula is C16H18N4O. The molecule has 0 bridgehead atoms. The van der Waals surface area contributed by atoms with Crippen LogP contribution in [0.3, 0.4) is 0 Å². The Balaban J connectivity index is 2.54. The fourth-order valence-electron chi connectivity index (χ4n) is 2.28. The number of nitrogens with zero attached hydrogens (tertiary/aromatic N) is 3. The summed E-state index contributed by atoms with van der Waals surface area (Å²) in [4.78, 5) is 17.6. The van der Waals surface area contributed by atoms with Gasteiger partial charge in [0.1, 0.15) is 11.9 Å². The van der Waals surface area contributed by atoms with E-state index in [1.54, 1.807) is 11.0 Å². The standard InChI is InChI=1S/C16H18N4O/c1-11(2)9-20(10-15(18)21)16-13(8-17)7-12-5-3-4-6-14(12)19-16/h3-7,11H,9-10H2,1-2H3,(H2,18,21). The molecule has 0 fully saturated rings. The highest BCUT2D eigenvalue weighted by Crippen LogP contribution is 2.23. The molecule has 5 heteroatoms. The lowest BCUT2D eigenvalue weighted by atomic mass is 10.1. The normalized spacial score (nSPS) is 10.6. The number of nitriles is 1. The molecule has 0 aliphatic rings. The van der Waals surface area contributed by atoms with Crippen LogP contribution >= 0.6 is 0 Å². The number of para-hydroxylation sites is 1. The molecule has 1 amide bonds. The molecule has 0 radical (unpaired) electrons. The molecule has 5 nitrogen and oxygen atoms in total. The maximum Gasteiger partial charge on any atom is 0.236 e. The quantitative estimate of drug-likeness (QED) is 0.909. The molecule has 2 rings (SSSR count). The summed E-state index contributed by atoms with van der Waals surface area (Å²) in [5, 5.41) is 10.3. The number of anilines is 1. The van der Waals surface area contributed by atoms with Crippen molar-refractivity contribution in [2.24, 2.45) is 11.7 Å². The Labute approximate surface area is 124 Å². The fraction of sp³-hybridized carbons (Fsp3) is 0.312. The van der Waals surface area contributed by atoms with Crippen LogP contribution < -0.4 is 10.6 Å². The summed E-state index contributed by atoms with van der Waals surface area (Å²) in [6.07, 6.45) is 0. The van der Waals surface area contributed by atoms with Crippen LogP contribution in [0.5, 0.6) is 0 Å². The lowest BCUT2D eigenvalue weighted by Crippen LogP contribution is -2.37. The summed E-state index contributed by atoms with van der Waals surface area (Å²) in [6.45, 7) is 4.75. The molecule has 0 atom stereocenters. The van der Waals surface area contributed by atoms with Gasteiger partial charge in [-0.2, -0.15) is 5.26 Å². The average molecular weight is 282 g/mol. The second kappa shape index (κ2) is 6.23. The first-order valence-corrected chi connectivity index (χ1v) is 6.84. The molecule has 1 heterocycles. The first-order valence-electron chi connectivity index (χ1n) is 6.84. The molecule has 0 spiro atoms. The van der Waals surface area contributed by atoms with E-state index in [-0.39, 0.29) is 6.54 Å². The molecule has 0 aliphatic carbocycles. The number of aromatic nitrogens is 1. The van der Waals surface area contributed by atoms with Crippen molar-refractivity contribution >= 4 is 22.6 Å². The van der Waals surface area contributed by atoms with Gasteiger partial charge in [-0.25, -0.2) is 4.98 Å². The molecule has 21 heavy (non-hydrogen) atoms. The lowest BCUT2D eigenvalue weighted by Gasteiger charge is -2.25. The highest BCUT2D eigenvalue weighted by atomic mass is 16.1. The van der Waals surface area contributed by atoms with Crippen LogP contribution in [0.4, 0.5) is 5.82 Å². The lowest BCUT2D eigenvalue weighted by molar-refractivity contribution is -0.116. The molecule has 108 valence electrons. The van der Waals surface area contributed by atoms with E-state index in [0.717, 1.165) is 10.9 Å². The van der Waals surface area contributed by atoms with Crippen molar-refractivity contribution in [1.82, 2.24) is 4.98 Å².